The van der Waals surface area contributed by atoms with Crippen molar-refractivity contribution in [2.45, 2.75) is 103 Å². The fraction of sp³-hybridized carbons (Fsp3) is 0.586. The number of hydrogen-bond donors (Lipinski definition) is 0. The van der Waals surface area contributed by atoms with Gasteiger partial charge in [-0.2, -0.15) is 0 Å². The second kappa shape index (κ2) is 9.96. The van der Waals surface area contributed by atoms with Gasteiger partial charge in [0.05, 0.1) is 0 Å². The molecule has 156 valence electrons. The Morgan fingerprint density at radius 3 is 2.14 bits per heavy atom. The zero-order valence-electron chi connectivity index (χ0n) is 18.8. The van der Waals surface area contributed by atoms with Crippen LogP contribution in [0.5, 0.6) is 0 Å². The van der Waals surface area contributed by atoms with E-state index in [0.29, 0.717) is 5.92 Å². The van der Waals surface area contributed by atoms with Gasteiger partial charge in [0.2, 0.25) is 0 Å². The zero-order chi connectivity index (χ0) is 20.1. The Morgan fingerprint density at radius 1 is 0.724 bits per heavy atom. The molecule has 0 aliphatic heterocycles. The quantitative estimate of drug-likeness (QED) is 0.418. The predicted octanol–water partition coefficient (Wildman–Crippen LogP) is 8.38. The predicted molar refractivity (Wildman–Crippen MR) is 126 cm³/mol. The van der Waals surface area contributed by atoms with Crippen molar-refractivity contribution in [2.24, 2.45) is 5.92 Å². The smallest absolute Gasteiger partial charge is 0.0118 e. The fourth-order valence-electron chi connectivity index (χ4n) is 5.82. The van der Waals surface area contributed by atoms with Crippen LogP contribution in [0.2, 0.25) is 0 Å². The number of aryl methyl sites for hydroxylation is 2. The number of rotatable bonds is 7. The molecule has 2 aliphatic carbocycles. The number of unbranched alkanes of at least 4 members (excludes halogenated alkanes) is 2. The molecule has 1 saturated carbocycles. The lowest BCUT2D eigenvalue weighted by Gasteiger charge is -2.29. The molecule has 1 atom stereocenters. The molecule has 0 spiro atoms. The molecule has 0 radical (unpaired) electrons. The van der Waals surface area contributed by atoms with Crippen LogP contribution in [0, 0.1) is 5.92 Å². The van der Waals surface area contributed by atoms with E-state index in [0.717, 1.165) is 18.3 Å². The normalized spacial score (nSPS) is 24.3. The Kier molecular flexibility index (Phi) is 7.11. The molecule has 0 nitrogen and oxygen atoms in total. The van der Waals surface area contributed by atoms with E-state index in [1.165, 1.54) is 76.2 Å². The summed E-state index contributed by atoms with van der Waals surface area (Å²) in [5.74, 6) is 2.52. The Bertz CT molecular complexity index is 761. The Morgan fingerprint density at radius 2 is 1.45 bits per heavy atom. The van der Waals surface area contributed by atoms with Gasteiger partial charge in [-0.1, -0.05) is 82.0 Å². The van der Waals surface area contributed by atoms with Gasteiger partial charge in [-0.3, -0.25) is 0 Å². The summed E-state index contributed by atoms with van der Waals surface area (Å²) in [5.41, 5.74) is 7.85. The van der Waals surface area contributed by atoms with Crippen LogP contribution >= 0.6 is 0 Å². The van der Waals surface area contributed by atoms with Gasteiger partial charge in [0, 0.05) is 0 Å². The van der Waals surface area contributed by atoms with E-state index in [2.05, 4.69) is 56.3 Å². The third-order valence-electron chi connectivity index (χ3n) is 7.85. The minimum atomic E-state index is 0.707. The molecule has 2 aromatic carbocycles. The largest absolute Gasteiger partial charge is 0.0654 e. The summed E-state index contributed by atoms with van der Waals surface area (Å²) in [6.45, 7) is 4.57. The van der Waals surface area contributed by atoms with Gasteiger partial charge in [0.25, 0.3) is 0 Å². The van der Waals surface area contributed by atoms with Crippen molar-refractivity contribution in [2.75, 3.05) is 0 Å². The second-order valence-corrected chi connectivity index (χ2v) is 9.78. The van der Waals surface area contributed by atoms with Crippen LogP contribution in [-0.4, -0.2) is 0 Å². The molecule has 0 amide bonds. The summed E-state index contributed by atoms with van der Waals surface area (Å²) in [6.07, 6.45) is 16.4. The summed E-state index contributed by atoms with van der Waals surface area (Å²) in [4.78, 5) is 0. The SMILES string of the molecule is CCCCCC1CCC(c2ccc(C3CCc4cc(CC)ccc4C3)cc2)CC1. The van der Waals surface area contributed by atoms with Crippen LogP contribution in [0.15, 0.2) is 42.5 Å². The highest BCUT2D eigenvalue weighted by Crippen LogP contribution is 2.39. The molecular formula is C29H40. The molecule has 0 bridgehead atoms. The molecule has 1 unspecified atom stereocenters. The van der Waals surface area contributed by atoms with E-state index >= 15 is 0 Å². The van der Waals surface area contributed by atoms with Crippen molar-refractivity contribution >= 4 is 0 Å². The topological polar surface area (TPSA) is 0 Å². The monoisotopic (exact) mass is 388 g/mol. The van der Waals surface area contributed by atoms with Crippen molar-refractivity contribution in [3.63, 3.8) is 0 Å². The highest BCUT2D eigenvalue weighted by Gasteiger charge is 2.23. The van der Waals surface area contributed by atoms with Crippen LogP contribution in [0.3, 0.4) is 0 Å². The van der Waals surface area contributed by atoms with Crippen LogP contribution in [0.4, 0.5) is 0 Å². The first-order chi connectivity index (χ1) is 14.3. The van der Waals surface area contributed by atoms with Crippen LogP contribution in [-0.2, 0) is 19.3 Å². The maximum atomic E-state index is 2.47. The molecule has 0 saturated heterocycles. The number of hydrogen-bond acceptors (Lipinski definition) is 0. The van der Waals surface area contributed by atoms with E-state index in [-0.39, 0.29) is 0 Å². The summed E-state index contributed by atoms with van der Waals surface area (Å²) in [5, 5.41) is 0. The third kappa shape index (κ3) is 5.14. The van der Waals surface area contributed by atoms with Gasteiger partial charge in [-0.25, -0.2) is 0 Å². The first-order valence-corrected chi connectivity index (χ1v) is 12.5. The minimum absolute atomic E-state index is 0.707. The third-order valence-corrected chi connectivity index (χ3v) is 7.85. The highest BCUT2D eigenvalue weighted by molar-refractivity contribution is 5.38. The molecule has 4 rings (SSSR count). The zero-order valence-corrected chi connectivity index (χ0v) is 18.8. The minimum Gasteiger partial charge on any atom is -0.0654 e. The standard InChI is InChI=1S/C29H40/c1-3-5-6-7-23-9-11-24(12-10-23)25-14-16-26(17-15-25)28-19-18-27-20-22(4-2)8-13-29(27)21-28/h8,13-17,20,23-24,28H,3-7,9-12,18-19,21H2,1-2H3. The number of fused-ring (bicyclic) bond motifs is 1. The van der Waals surface area contributed by atoms with Crippen LogP contribution in [0.25, 0.3) is 0 Å². The summed E-state index contributed by atoms with van der Waals surface area (Å²) in [7, 11) is 0. The molecule has 2 aromatic rings. The van der Waals surface area contributed by atoms with Crippen molar-refractivity contribution in [1.82, 2.24) is 0 Å². The maximum Gasteiger partial charge on any atom is -0.0118 e. The van der Waals surface area contributed by atoms with Gasteiger partial charge >= 0.3 is 0 Å². The van der Waals surface area contributed by atoms with E-state index in [4.69, 9.17) is 0 Å². The molecule has 2 aliphatic rings. The van der Waals surface area contributed by atoms with E-state index in [1.807, 2.05) is 0 Å². The number of benzene rings is 2. The van der Waals surface area contributed by atoms with Crippen LogP contribution in [0.1, 0.15) is 111 Å². The lowest BCUT2D eigenvalue weighted by Crippen LogP contribution is -2.14. The van der Waals surface area contributed by atoms with Gasteiger partial charge in [0.15, 0.2) is 0 Å². The van der Waals surface area contributed by atoms with Gasteiger partial charge in [-0.15, -0.1) is 0 Å². The molecule has 0 aromatic heterocycles. The van der Waals surface area contributed by atoms with E-state index in [9.17, 15) is 0 Å². The van der Waals surface area contributed by atoms with Gasteiger partial charge in [0.1, 0.15) is 0 Å². The lowest BCUT2D eigenvalue weighted by atomic mass is 9.76. The van der Waals surface area contributed by atoms with Crippen molar-refractivity contribution in [3.8, 4) is 0 Å². The molecule has 1 fully saturated rings. The molecule has 29 heavy (non-hydrogen) atoms. The summed E-state index contributed by atoms with van der Waals surface area (Å²) in [6, 6.07) is 17.0. The summed E-state index contributed by atoms with van der Waals surface area (Å²) < 4.78 is 0. The Labute approximate surface area is 179 Å². The first kappa shape index (κ1) is 20.7. The Balaban J connectivity index is 1.33. The van der Waals surface area contributed by atoms with E-state index < -0.39 is 0 Å². The maximum absolute atomic E-state index is 2.47. The summed E-state index contributed by atoms with van der Waals surface area (Å²) >= 11 is 0. The molecule has 0 heterocycles. The molecule has 0 heteroatoms. The van der Waals surface area contributed by atoms with Crippen molar-refractivity contribution in [1.29, 1.82) is 0 Å². The highest BCUT2D eigenvalue weighted by atomic mass is 14.3. The second-order valence-electron chi connectivity index (χ2n) is 9.78. The first-order valence-electron chi connectivity index (χ1n) is 12.5. The molecular weight excluding hydrogens is 348 g/mol. The average molecular weight is 389 g/mol. The lowest BCUT2D eigenvalue weighted by molar-refractivity contribution is 0.303. The molecule has 0 N–H and O–H groups in total. The van der Waals surface area contributed by atoms with Crippen molar-refractivity contribution in [3.05, 3.63) is 70.3 Å². The van der Waals surface area contributed by atoms with Gasteiger partial charge < -0.3 is 0 Å². The van der Waals surface area contributed by atoms with Crippen LogP contribution < -0.4 is 0 Å². The Hall–Kier alpha value is -1.56. The fourth-order valence-corrected chi connectivity index (χ4v) is 5.82. The van der Waals surface area contributed by atoms with Crippen molar-refractivity contribution < 1.29 is 0 Å². The van der Waals surface area contributed by atoms with Gasteiger partial charge in [-0.05, 0) is 96.9 Å². The average Bonchev–Trinajstić information content (AvgIpc) is 2.79. The van der Waals surface area contributed by atoms with E-state index in [1.54, 1.807) is 22.3 Å².